The number of ether oxygens (including phenoxy) is 1. The lowest BCUT2D eigenvalue weighted by Crippen LogP contribution is -2.19. The van der Waals surface area contributed by atoms with Crippen molar-refractivity contribution in [3.8, 4) is 5.75 Å². The quantitative estimate of drug-likeness (QED) is 0.858. The third-order valence-electron chi connectivity index (χ3n) is 2.15. The highest BCUT2D eigenvalue weighted by Crippen LogP contribution is 2.25. The highest BCUT2D eigenvalue weighted by Gasteiger charge is 2.16. The second-order valence-corrected chi connectivity index (χ2v) is 4.02. The average molecular weight is 242 g/mol. The maximum Gasteiger partial charge on any atom is 0.133 e. The third-order valence-corrected chi connectivity index (χ3v) is 2.80. The molecule has 70 valence electrons. The molecule has 0 aromatic heterocycles. The van der Waals surface area contributed by atoms with Crippen LogP contribution < -0.4 is 10.1 Å². The van der Waals surface area contributed by atoms with E-state index in [9.17, 15) is 0 Å². The van der Waals surface area contributed by atoms with E-state index in [4.69, 9.17) is 4.74 Å². The molecule has 1 saturated heterocycles. The number of benzene rings is 1. The zero-order valence-corrected chi connectivity index (χ0v) is 8.88. The van der Waals surface area contributed by atoms with Gasteiger partial charge in [0.2, 0.25) is 0 Å². The fourth-order valence-electron chi connectivity index (χ4n) is 1.45. The topological polar surface area (TPSA) is 21.3 Å². The van der Waals surface area contributed by atoms with Crippen LogP contribution in [0.25, 0.3) is 0 Å². The van der Waals surface area contributed by atoms with Crippen LogP contribution >= 0.6 is 15.9 Å². The minimum atomic E-state index is 0.332. The van der Waals surface area contributed by atoms with E-state index in [0.29, 0.717) is 6.10 Å². The molecule has 0 saturated carbocycles. The summed E-state index contributed by atoms with van der Waals surface area (Å²) < 4.78 is 6.83. The summed E-state index contributed by atoms with van der Waals surface area (Å²) in [4.78, 5) is 0. The van der Waals surface area contributed by atoms with Crippen LogP contribution in [0.5, 0.6) is 5.75 Å². The Balaban J connectivity index is 2.04. The van der Waals surface area contributed by atoms with Crippen molar-refractivity contribution < 1.29 is 4.74 Å². The molecule has 0 amide bonds. The van der Waals surface area contributed by atoms with Gasteiger partial charge in [0.1, 0.15) is 11.9 Å². The first kappa shape index (κ1) is 9.03. The first-order valence-corrected chi connectivity index (χ1v) is 5.27. The number of para-hydroxylation sites is 1. The van der Waals surface area contributed by atoms with Crippen LogP contribution in [0.2, 0.25) is 0 Å². The highest BCUT2D eigenvalue weighted by molar-refractivity contribution is 9.10. The van der Waals surface area contributed by atoms with Crippen molar-refractivity contribution in [3.63, 3.8) is 0 Å². The predicted molar refractivity (Wildman–Crippen MR) is 56.0 cm³/mol. The van der Waals surface area contributed by atoms with E-state index in [1.54, 1.807) is 0 Å². The van der Waals surface area contributed by atoms with E-state index in [1.807, 2.05) is 24.3 Å². The molecule has 0 spiro atoms. The van der Waals surface area contributed by atoms with Crippen molar-refractivity contribution in [2.24, 2.45) is 0 Å². The fourth-order valence-corrected chi connectivity index (χ4v) is 1.83. The molecule has 1 aromatic carbocycles. The van der Waals surface area contributed by atoms with Crippen LogP contribution in [0, 0.1) is 0 Å². The Morgan fingerprint density at radius 1 is 1.38 bits per heavy atom. The van der Waals surface area contributed by atoms with Crippen molar-refractivity contribution in [3.05, 3.63) is 28.7 Å². The summed E-state index contributed by atoms with van der Waals surface area (Å²) in [7, 11) is 0. The standard InChI is InChI=1S/C10H12BrNO/c11-9-3-1-2-4-10(9)13-8-5-6-12-7-8/h1-4,8,12H,5-7H2/t8-/m0/s1. The van der Waals surface area contributed by atoms with Crippen molar-refractivity contribution in [1.29, 1.82) is 0 Å². The summed E-state index contributed by atoms with van der Waals surface area (Å²) in [5.41, 5.74) is 0. The van der Waals surface area contributed by atoms with Gasteiger partial charge in [-0.25, -0.2) is 0 Å². The van der Waals surface area contributed by atoms with E-state index in [2.05, 4.69) is 21.2 Å². The van der Waals surface area contributed by atoms with Crippen LogP contribution in [0.3, 0.4) is 0 Å². The Labute approximate surface area is 86.4 Å². The van der Waals surface area contributed by atoms with Gasteiger partial charge in [0.15, 0.2) is 0 Å². The summed E-state index contributed by atoms with van der Waals surface area (Å²) >= 11 is 3.46. The van der Waals surface area contributed by atoms with Crippen LogP contribution in [-0.2, 0) is 0 Å². The lowest BCUT2D eigenvalue weighted by molar-refractivity contribution is 0.221. The average Bonchev–Trinajstić information content (AvgIpc) is 2.61. The molecule has 1 fully saturated rings. The SMILES string of the molecule is Brc1ccccc1O[C@H]1CCNC1. The van der Waals surface area contributed by atoms with Gasteiger partial charge in [-0.1, -0.05) is 12.1 Å². The Hall–Kier alpha value is -0.540. The first-order chi connectivity index (χ1) is 6.36. The molecule has 0 radical (unpaired) electrons. The number of hydrogen-bond acceptors (Lipinski definition) is 2. The summed E-state index contributed by atoms with van der Waals surface area (Å²) in [6, 6.07) is 7.96. The molecule has 0 aliphatic carbocycles. The molecule has 1 aromatic rings. The van der Waals surface area contributed by atoms with Gasteiger partial charge in [0.05, 0.1) is 4.47 Å². The summed E-state index contributed by atoms with van der Waals surface area (Å²) in [5, 5.41) is 3.27. The molecule has 0 bridgehead atoms. The Morgan fingerprint density at radius 2 is 2.23 bits per heavy atom. The lowest BCUT2D eigenvalue weighted by atomic mass is 10.3. The zero-order chi connectivity index (χ0) is 9.10. The van der Waals surface area contributed by atoms with Crippen molar-refractivity contribution in [2.45, 2.75) is 12.5 Å². The van der Waals surface area contributed by atoms with Gasteiger partial charge >= 0.3 is 0 Å². The molecule has 1 atom stereocenters. The number of hydrogen-bond donors (Lipinski definition) is 1. The monoisotopic (exact) mass is 241 g/mol. The summed E-state index contributed by atoms with van der Waals surface area (Å²) in [6.45, 7) is 2.02. The van der Waals surface area contributed by atoms with Gasteiger partial charge in [-0.2, -0.15) is 0 Å². The Kier molecular flexibility index (Phi) is 2.86. The molecule has 3 heteroatoms. The van der Waals surface area contributed by atoms with E-state index >= 15 is 0 Å². The number of rotatable bonds is 2. The second kappa shape index (κ2) is 4.11. The molecule has 2 rings (SSSR count). The lowest BCUT2D eigenvalue weighted by Gasteiger charge is -2.13. The molecule has 0 unspecified atom stereocenters. The van der Waals surface area contributed by atoms with Gasteiger partial charge in [0.25, 0.3) is 0 Å². The predicted octanol–water partition coefficient (Wildman–Crippen LogP) is 2.19. The highest BCUT2D eigenvalue weighted by atomic mass is 79.9. The molecule has 13 heavy (non-hydrogen) atoms. The van der Waals surface area contributed by atoms with E-state index in [1.165, 1.54) is 0 Å². The van der Waals surface area contributed by atoms with Crippen molar-refractivity contribution in [2.75, 3.05) is 13.1 Å². The van der Waals surface area contributed by atoms with E-state index in [0.717, 1.165) is 29.7 Å². The minimum absolute atomic E-state index is 0.332. The van der Waals surface area contributed by atoms with Gasteiger partial charge in [0, 0.05) is 6.54 Å². The van der Waals surface area contributed by atoms with Crippen LogP contribution in [0.15, 0.2) is 28.7 Å². The van der Waals surface area contributed by atoms with Gasteiger partial charge in [-0.15, -0.1) is 0 Å². The van der Waals surface area contributed by atoms with Crippen molar-refractivity contribution in [1.82, 2.24) is 5.32 Å². The van der Waals surface area contributed by atoms with Gasteiger partial charge < -0.3 is 10.1 Å². The minimum Gasteiger partial charge on any atom is -0.488 e. The normalized spacial score (nSPS) is 21.8. The van der Waals surface area contributed by atoms with Gasteiger partial charge in [-0.05, 0) is 41.0 Å². The largest absolute Gasteiger partial charge is 0.488 e. The molecular formula is C10H12BrNO. The summed E-state index contributed by atoms with van der Waals surface area (Å²) in [5.74, 6) is 0.941. The van der Waals surface area contributed by atoms with Crippen molar-refractivity contribution >= 4 is 15.9 Å². The number of halogens is 1. The Bertz CT molecular complexity index is 284. The van der Waals surface area contributed by atoms with Gasteiger partial charge in [-0.3, -0.25) is 0 Å². The molecule has 1 heterocycles. The zero-order valence-electron chi connectivity index (χ0n) is 7.29. The van der Waals surface area contributed by atoms with Crippen LogP contribution in [0.4, 0.5) is 0 Å². The third kappa shape index (κ3) is 2.23. The second-order valence-electron chi connectivity index (χ2n) is 3.16. The Morgan fingerprint density at radius 3 is 2.92 bits per heavy atom. The molecular weight excluding hydrogens is 230 g/mol. The molecule has 1 aliphatic heterocycles. The van der Waals surface area contributed by atoms with E-state index in [-0.39, 0.29) is 0 Å². The molecule has 2 nitrogen and oxygen atoms in total. The smallest absolute Gasteiger partial charge is 0.133 e. The summed E-state index contributed by atoms with van der Waals surface area (Å²) in [6.07, 6.45) is 1.43. The van der Waals surface area contributed by atoms with Crippen LogP contribution in [-0.4, -0.2) is 19.2 Å². The molecule has 1 aliphatic rings. The van der Waals surface area contributed by atoms with Crippen LogP contribution in [0.1, 0.15) is 6.42 Å². The maximum absolute atomic E-state index is 5.80. The number of nitrogens with one attached hydrogen (secondary N) is 1. The van der Waals surface area contributed by atoms with E-state index < -0.39 is 0 Å². The molecule has 1 N–H and O–H groups in total. The fraction of sp³-hybridized carbons (Fsp3) is 0.400. The first-order valence-electron chi connectivity index (χ1n) is 4.48. The maximum atomic E-state index is 5.80.